The molecule has 0 bridgehead atoms. The monoisotopic (exact) mass is 691 g/mol. The zero-order valence-corrected chi connectivity index (χ0v) is 29.4. The molecule has 0 fully saturated rings. The Balaban J connectivity index is 1.32. The predicted octanol–water partition coefficient (Wildman–Crippen LogP) is 12.4. The average Bonchev–Trinajstić information content (AvgIpc) is 3.77. The molecule has 0 saturated carbocycles. The van der Waals surface area contributed by atoms with Crippen LogP contribution in [0.1, 0.15) is 11.1 Å². The Morgan fingerprint density at radius 3 is 1.52 bits per heavy atom. The van der Waals surface area contributed by atoms with Crippen LogP contribution in [0.4, 0.5) is 0 Å². The largest absolute Gasteiger partial charge is 0.307 e. The molecule has 0 radical (unpaired) electrons. The number of rotatable bonds is 7. The van der Waals surface area contributed by atoms with Crippen molar-refractivity contribution in [1.82, 2.24) is 24.1 Å². The van der Waals surface area contributed by atoms with E-state index >= 15 is 0 Å². The summed E-state index contributed by atoms with van der Waals surface area (Å²) in [4.78, 5) is 15.5. The van der Waals surface area contributed by atoms with Crippen molar-refractivity contribution in [3.05, 3.63) is 188 Å². The van der Waals surface area contributed by atoms with Crippen molar-refractivity contribution in [3.63, 3.8) is 0 Å². The van der Waals surface area contributed by atoms with Crippen LogP contribution in [0.15, 0.2) is 177 Å². The maximum Gasteiger partial charge on any atom is 0.238 e. The number of aromatic nitrogens is 5. The van der Waals surface area contributed by atoms with Crippen LogP contribution >= 0.6 is 0 Å². The highest BCUT2D eigenvalue weighted by Crippen LogP contribution is 2.42. The summed E-state index contributed by atoms with van der Waals surface area (Å²) in [7, 11) is 0. The molecule has 5 heteroatoms. The number of para-hydroxylation sites is 2. The van der Waals surface area contributed by atoms with E-state index in [-0.39, 0.29) is 0 Å². The fourth-order valence-electron chi connectivity index (χ4n) is 7.82. The predicted molar refractivity (Wildman–Crippen MR) is 225 cm³/mol. The highest BCUT2D eigenvalue weighted by Gasteiger charge is 2.23. The molecule has 0 aliphatic carbocycles. The van der Waals surface area contributed by atoms with Crippen LogP contribution in [0.25, 0.3) is 101 Å². The standard InChI is InChI=1S/C49H33N5/c1-3-32-26-27-37(30-33(32)4-2)36-20-15-21-38(31-36)53-43-24-13-11-22-39(43)41-28-29-42-40-23-12-14-25-44(40)54(46(42)45(41)53)49-51-47(34-16-7-5-8-17-34)50-48(52-49)35-18-9-6-10-19-35/h3-31H,1-2H2. The second-order valence-corrected chi connectivity index (χ2v) is 13.4. The zero-order chi connectivity index (χ0) is 36.2. The number of nitrogens with zero attached hydrogens (tertiary/aromatic N) is 5. The van der Waals surface area contributed by atoms with Crippen molar-refractivity contribution < 1.29 is 0 Å². The SMILES string of the molecule is C=Cc1ccc(-c2cccc(-n3c4ccccc4c4ccc5c6ccccc6n(-c6nc(-c7ccccc7)nc(-c7ccccc7)n6)c5c43)c2)cc1C=C. The third-order valence-electron chi connectivity index (χ3n) is 10.3. The summed E-state index contributed by atoms with van der Waals surface area (Å²) in [5, 5.41) is 4.57. The summed E-state index contributed by atoms with van der Waals surface area (Å²) in [6.45, 7) is 8.05. The molecule has 7 aromatic carbocycles. The van der Waals surface area contributed by atoms with Crippen molar-refractivity contribution in [2.24, 2.45) is 0 Å². The van der Waals surface area contributed by atoms with Gasteiger partial charge in [0.25, 0.3) is 0 Å². The minimum absolute atomic E-state index is 0.561. The molecule has 0 aliphatic heterocycles. The number of hydrogen-bond acceptors (Lipinski definition) is 3. The Bertz CT molecular complexity index is 3020. The minimum Gasteiger partial charge on any atom is -0.307 e. The maximum atomic E-state index is 5.24. The van der Waals surface area contributed by atoms with Gasteiger partial charge in [-0.1, -0.05) is 159 Å². The van der Waals surface area contributed by atoms with Gasteiger partial charge in [-0.15, -0.1) is 0 Å². The molecular formula is C49H33N5. The molecule has 5 nitrogen and oxygen atoms in total. The van der Waals surface area contributed by atoms with E-state index in [2.05, 4.69) is 125 Å². The minimum atomic E-state index is 0.561. The third kappa shape index (κ3) is 4.98. The van der Waals surface area contributed by atoms with Crippen molar-refractivity contribution in [2.45, 2.75) is 0 Å². The molecule has 54 heavy (non-hydrogen) atoms. The number of fused-ring (bicyclic) bond motifs is 7. The number of benzene rings is 7. The summed E-state index contributed by atoms with van der Waals surface area (Å²) in [6.07, 6.45) is 3.76. The summed E-state index contributed by atoms with van der Waals surface area (Å²) in [5.41, 5.74) is 11.5. The van der Waals surface area contributed by atoms with Gasteiger partial charge in [0, 0.05) is 38.4 Å². The van der Waals surface area contributed by atoms with Crippen LogP contribution < -0.4 is 0 Å². The lowest BCUT2D eigenvalue weighted by molar-refractivity contribution is 0.953. The van der Waals surface area contributed by atoms with Crippen LogP contribution in [0, 0.1) is 0 Å². The van der Waals surface area contributed by atoms with E-state index in [0.717, 1.165) is 77.3 Å². The normalized spacial score (nSPS) is 11.5. The van der Waals surface area contributed by atoms with Crippen LogP contribution in [0.2, 0.25) is 0 Å². The molecule has 10 aromatic rings. The van der Waals surface area contributed by atoms with E-state index in [1.54, 1.807) is 0 Å². The highest BCUT2D eigenvalue weighted by atomic mass is 15.2. The van der Waals surface area contributed by atoms with Gasteiger partial charge >= 0.3 is 0 Å². The summed E-state index contributed by atoms with van der Waals surface area (Å²) < 4.78 is 4.63. The van der Waals surface area contributed by atoms with Gasteiger partial charge < -0.3 is 4.57 Å². The van der Waals surface area contributed by atoms with Gasteiger partial charge in [-0.2, -0.15) is 9.97 Å². The van der Waals surface area contributed by atoms with E-state index in [9.17, 15) is 0 Å². The molecule has 0 amide bonds. The van der Waals surface area contributed by atoms with Gasteiger partial charge in [0.1, 0.15) is 0 Å². The summed E-state index contributed by atoms with van der Waals surface area (Å²) in [5.74, 6) is 1.80. The van der Waals surface area contributed by atoms with Crippen LogP contribution in [-0.4, -0.2) is 24.1 Å². The highest BCUT2D eigenvalue weighted by molar-refractivity contribution is 6.23. The molecule has 0 N–H and O–H groups in total. The van der Waals surface area contributed by atoms with Crippen molar-refractivity contribution in [1.29, 1.82) is 0 Å². The molecule has 254 valence electrons. The van der Waals surface area contributed by atoms with Crippen LogP contribution in [0.5, 0.6) is 0 Å². The Hall–Kier alpha value is -7.37. The van der Waals surface area contributed by atoms with Crippen molar-refractivity contribution in [2.75, 3.05) is 0 Å². The first-order valence-corrected chi connectivity index (χ1v) is 18.0. The molecule has 10 rings (SSSR count). The quantitative estimate of drug-likeness (QED) is 0.167. The lowest BCUT2D eigenvalue weighted by atomic mass is 9.98. The molecule has 0 aliphatic rings. The Kier molecular flexibility index (Phi) is 7.37. The van der Waals surface area contributed by atoms with E-state index in [1.807, 2.05) is 72.8 Å². The first-order chi connectivity index (χ1) is 26.7. The van der Waals surface area contributed by atoms with Crippen molar-refractivity contribution in [3.8, 4) is 45.5 Å². The van der Waals surface area contributed by atoms with Crippen molar-refractivity contribution >= 4 is 55.8 Å². The van der Waals surface area contributed by atoms with Crippen LogP contribution in [-0.2, 0) is 0 Å². The van der Waals surface area contributed by atoms with Gasteiger partial charge in [0.2, 0.25) is 5.95 Å². The third-order valence-corrected chi connectivity index (χ3v) is 10.3. The van der Waals surface area contributed by atoms with Gasteiger partial charge in [-0.05, 0) is 52.6 Å². The van der Waals surface area contributed by atoms with Gasteiger partial charge in [-0.25, -0.2) is 4.98 Å². The Morgan fingerprint density at radius 1 is 0.389 bits per heavy atom. The first kappa shape index (κ1) is 31.4. The summed E-state index contributed by atoms with van der Waals surface area (Å²) >= 11 is 0. The fraction of sp³-hybridized carbons (Fsp3) is 0. The second kappa shape index (κ2) is 12.7. The smallest absolute Gasteiger partial charge is 0.238 e. The van der Waals surface area contributed by atoms with E-state index in [0.29, 0.717) is 17.6 Å². The van der Waals surface area contributed by atoms with E-state index < -0.39 is 0 Å². The fourth-order valence-corrected chi connectivity index (χ4v) is 7.82. The topological polar surface area (TPSA) is 48.5 Å². The van der Waals surface area contributed by atoms with Gasteiger partial charge in [0.05, 0.1) is 22.1 Å². The lowest BCUT2D eigenvalue weighted by Gasteiger charge is -2.14. The van der Waals surface area contributed by atoms with E-state index in [4.69, 9.17) is 15.0 Å². The lowest BCUT2D eigenvalue weighted by Crippen LogP contribution is -2.07. The Labute approximate surface area is 312 Å². The number of hydrogen-bond donors (Lipinski definition) is 0. The molecule has 3 aromatic heterocycles. The van der Waals surface area contributed by atoms with Gasteiger partial charge in [-0.3, -0.25) is 4.57 Å². The summed E-state index contributed by atoms with van der Waals surface area (Å²) in [6, 6.07) is 57.2. The molecule has 0 saturated heterocycles. The zero-order valence-electron chi connectivity index (χ0n) is 29.4. The molecule has 0 unspecified atom stereocenters. The first-order valence-electron chi connectivity index (χ1n) is 18.0. The Morgan fingerprint density at radius 2 is 0.907 bits per heavy atom. The average molecular weight is 692 g/mol. The van der Waals surface area contributed by atoms with Crippen LogP contribution in [0.3, 0.4) is 0 Å². The maximum absolute atomic E-state index is 5.24. The second-order valence-electron chi connectivity index (χ2n) is 13.4. The van der Waals surface area contributed by atoms with E-state index in [1.165, 1.54) is 5.39 Å². The molecule has 0 spiro atoms. The molecular weight excluding hydrogens is 659 g/mol. The van der Waals surface area contributed by atoms with Gasteiger partial charge in [0.15, 0.2) is 11.6 Å². The molecule has 3 heterocycles. The molecule has 0 atom stereocenters.